The Bertz CT molecular complexity index is 1050. The summed E-state index contributed by atoms with van der Waals surface area (Å²) in [7, 11) is 1.34. The molecule has 1 rings (SSSR count). The fraction of sp³-hybridized carbons (Fsp3) is 0.938. The number of carbonyl (C=O) groups excluding carboxylic acids is 3. The molecule has 5 N–H and O–H groups in total. The molecule has 1 amide bonds. The Kier molecular flexibility index (Phi) is 37.2. The summed E-state index contributed by atoms with van der Waals surface area (Å²) >= 11 is 0. The molecule has 1 heterocycles. The number of likely N-dealkylation sites (N-methyl/N-ethyl adjacent to an activating group) is 1. The number of nitrogens with one attached hydrogen (secondary N) is 1. The molecule has 0 aromatic rings. The molecule has 1 saturated heterocycles. The largest absolute Gasteiger partial charge is 0.464 e. The molecule has 0 unspecified atom stereocenters. The van der Waals surface area contributed by atoms with Crippen LogP contribution in [0.15, 0.2) is 0 Å². The molecule has 0 saturated carbocycles. The molecule has 0 aromatic heterocycles. The summed E-state index contributed by atoms with van der Waals surface area (Å²) in [5.41, 5.74) is 0. The first-order valence-electron chi connectivity index (χ1n) is 24.9. The van der Waals surface area contributed by atoms with Gasteiger partial charge in [-0.1, -0.05) is 200 Å². The molecule has 0 radical (unpaired) electrons. The molecule has 1 aliphatic rings. The van der Waals surface area contributed by atoms with Gasteiger partial charge in [-0.3, -0.25) is 9.63 Å². The average Bonchev–Trinajstić information content (AvgIpc) is 3.25. The Labute approximate surface area is 370 Å². The number of hydroxylamine groups is 2. The van der Waals surface area contributed by atoms with Crippen molar-refractivity contribution < 1.29 is 53.9 Å². The maximum Gasteiger partial charge on any atom is 0.334 e. The molecule has 1 fully saturated rings. The van der Waals surface area contributed by atoms with Gasteiger partial charge in [0.2, 0.25) is 5.91 Å². The maximum atomic E-state index is 13.1. The van der Waals surface area contributed by atoms with E-state index in [0.717, 1.165) is 43.6 Å². The van der Waals surface area contributed by atoms with E-state index >= 15 is 0 Å². The number of amides is 1. The van der Waals surface area contributed by atoms with Crippen LogP contribution in [0.25, 0.3) is 0 Å². The molecular formula is C48H92N2O11. The van der Waals surface area contributed by atoms with Crippen molar-refractivity contribution in [1.82, 2.24) is 10.4 Å². The standard InChI is InChI=1S/C48H92N2O11/c1-4-6-8-10-12-14-16-18-20-22-24-26-28-30-32-34-36-58-48(57)40(38-59-43(53)39-60-50(3)47-46(56)45(55)44(54)41(37-51)61-47)49-42(52)35-33-31-29-27-25-23-21-19-17-15-13-11-9-7-5-2/h40-41,44-47,51,54-56H,4-39H2,1-3H3,(H,49,52)/t40-,41+,44-,45-,46+,47+/m0/s1. The summed E-state index contributed by atoms with van der Waals surface area (Å²) in [6, 6.07) is -1.18. The van der Waals surface area contributed by atoms with Gasteiger partial charge in [-0.2, -0.15) is 5.06 Å². The van der Waals surface area contributed by atoms with Crippen molar-refractivity contribution in [2.24, 2.45) is 0 Å². The molecule has 1 aliphatic heterocycles. The fourth-order valence-corrected chi connectivity index (χ4v) is 7.84. The number of unbranched alkanes of at least 4 members (excludes halogenated alkanes) is 29. The van der Waals surface area contributed by atoms with E-state index in [1.165, 1.54) is 155 Å². The summed E-state index contributed by atoms with van der Waals surface area (Å²) in [6.45, 7) is 3.02. The first-order chi connectivity index (χ1) is 29.7. The lowest BCUT2D eigenvalue weighted by Crippen LogP contribution is -2.62. The normalized spacial score (nSPS) is 19.6. The van der Waals surface area contributed by atoms with Gasteiger partial charge < -0.3 is 40.0 Å². The highest BCUT2D eigenvalue weighted by molar-refractivity contribution is 5.84. The third-order valence-electron chi connectivity index (χ3n) is 11.9. The van der Waals surface area contributed by atoms with Gasteiger partial charge in [-0.05, 0) is 12.8 Å². The smallest absolute Gasteiger partial charge is 0.334 e. The van der Waals surface area contributed by atoms with E-state index in [1.54, 1.807) is 0 Å². The number of ether oxygens (including phenoxy) is 3. The Morgan fingerprint density at radius 1 is 0.574 bits per heavy atom. The lowest BCUT2D eigenvalue weighted by Gasteiger charge is -2.42. The van der Waals surface area contributed by atoms with Crippen molar-refractivity contribution in [1.29, 1.82) is 0 Å². The monoisotopic (exact) mass is 873 g/mol. The maximum absolute atomic E-state index is 13.1. The van der Waals surface area contributed by atoms with Crippen LogP contribution in [0.1, 0.15) is 219 Å². The number of carbonyl (C=O) groups is 3. The van der Waals surface area contributed by atoms with Crippen molar-refractivity contribution in [3.05, 3.63) is 0 Å². The van der Waals surface area contributed by atoms with E-state index in [9.17, 15) is 34.8 Å². The van der Waals surface area contributed by atoms with Gasteiger partial charge in [0.1, 0.15) is 31.0 Å². The molecule has 0 aliphatic carbocycles. The zero-order chi connectivity index (χ0) is 44.8. The molecule has 0 spiro atoms. The first-order valence-corrected chi connectivity index (χ1v) is 24.9. The fourth-order valence-electron chi connectivity index (χ4n) is 7.84. The van der Waals surface area contributed by atoms with Gasteiger partial charge in [-0.25, -0.2) is 9.59 Å². The van der Waals surface area contributed by atoms with Crippen molar-refractivity contribution in [2.45, 2.75) is 256 Å². The first kappa shape index (κ1) is 57.1. The molecule has 13 heteroatoms. The SMILES string of the molecule is CCCCCCCCCCCCCCCCCCOC(=O)[C@H](COC(=O)CON(C)[C@@H]1O[C@H](CO)[C@H](O)[C@H](O)[C@H]1O)NC(=O)CCCCCCCCCCCCCCCCC. The third kappa shape index (κ3) is 30.0. The van der Waals surface area contributed by atoms with Crippen LogP contribution < -0.4 is 5.32 Å². The topological polar surface area (TPSA) is 184 Å². The molecule has 0 bridgehead atoms. The highest BCUT2D eigenvalue weighted by Crippen LogP contribution is 2.23. The molecule has 61 heavy (non-hydrogen) atoms. The van der Waals surface area contributed by atoms with Gasteiger partial charge in [0.15, 0.2) is 18.9 Å². The summed E-state index contributed by atoms with van der Waals surface area (Å²) in [5.74, 6) is -1.84. The van der Waals surface area contributed by atoms with E-state index in [1.807, 2.05) is 0 Å². The molecule has 6 atom stereocenters. The number of nitrogens with zero attached hydrogens (tertiary/aromatic N) is 1. The zero-order valence-corrected chi connectivity index (χ0v) is 39.0. The van der Waals surface area contributed by atoms with Crippen molar-refractivity contribution >= 4 is 17.8 Å². The zero-order valence-electron chi connectivity index (χ0n) is 39.0. The summed E-state index contributed by atoms with van der Waals surface area (Å²) in [4.78, 5) is 44.0. The van der Waals surface area contributed by atoms with Crippen molar-refractivity contribution in [3.63, 3.8) is 0 Å². The highest BCUT2D eigenvalue weighted by atomic mass is 16.7. The Hall–Kier alpha value is -1.87. The number of hydrogen-bond donors (Lipinski definition) is 5. The molecular weight excluding hydrogens is 781 g/mol. The predicted octanol–water partition coefficient (Wildman–Crippen LogP) is 8.74. The van der Waals surface area contributed by atoms with Crippen LogP contribution in [0.5, 0.6) is 0 Å². The summed E-state index contributed by atoms with van der Waals surface area (Å²) < 4.78 is 16.3. The predicted molar refractivity (Wildman–Crippen MR) is 240 cm³/mol. The van der Waals surface area contributed by atoms with Gasteiger partial charge in [0.25, 0.3) is 0 Å². The van der Waals surface area contributed by atoms with Crippen LogP contribution in [0.2, 0.25) is 0 Å². The van der Waals surface area contributed by atoms with Crippen molar-refractivity contribution in [3.8, 4) is 0 Å². The molecule has 0 aromatic carbocycles. The van der Waals surface area contributed by atoms with Gasteiger partial charge >= 0.3 is 11.9 Å². The second-order valence-electron chi connectivity index (χ2n) is 17.5. The summed E-state index contributed by atoms with van der Waals surface area (Å²) in [5, 5.41) is 43.6. The summed E-state index contributed by atoms with van der Waals surface area (Å²) in [6.07, 6.45) is 31.3. The van der Waals surface area contributed by atoms with Gasteiger partial charge in [0, 0.05) is 13.5 Å². The van der Waals surface area contributed by atoms with E-state index in [4.69, 9.17) is 19.0 Å². The number of hydrogen-bond acceptors (Lipinski definition) is 12. The minimum atomic E-state index is -1.61. The number of rotatable bonds is 42. The number of esters is 2. The Morgan fingerprint density at radius 3 is 1.41 bits per heavy atom. The van der Waals surface area contributed by atoms with Gasteiger partial charge in [-0.15, -0.1) is 0 Å². The van der Waals surface area contributed by atoms with Crippen LogP contribution in [0.3, 0.4) is 0 Å². The number of aliphatic hydroxyl groups excluding tert-OH is 4. The van der Waals surface area contributed by atoms with Crippen LogP contribution in [-0.4, -0.2) is 113 Å². The lowest BCUT2D eigenvalue weighted by molar-refractivity contribution is -0.325. The van der Waals surface area contributed by atoms with E-state index < -0.39 is 68.4 Å². The number of aliphatic hydroxyl groups is 4. The minimum absolute atomic E-state index is 0.212. The Balaban J connectivity index is 2.40. The quantitative estimate of drug-likeness (QED) is 0.0224. The second kappa shape index (κ2) is 39.7. The van der Waals surface area contributed by atoms with E-state index in [0.29, 0.717) is 12.8 Å². The third-order valence-corrected chi connectivity index (χ3v) is 11.9. The highest BCUT2D eigenvalue weighted by Gasteiger charge is 2.45. The van der Waals surface area contributed by atoms with Crippen molar-refractivity contribution in [2.75, 3.05) is 33.5 Å². The minimum Gasteiger partial charge on any atom is -0.464 e. The van der Waals surface area contributed by atoms with E-state index in [2.05, 4.69) is 19.2 Å². The lowest BCUT2D eigenvalue weighted by atomic mass is 9.98. The van der Waals surface area contributed by atoms with E-state index in [-0.39, 0.29) is 18.9 Å². The molecule has 360 valence electrons. The molecule has 13 nitrogen and oxygen atoms in total. The average molecular weight is 873 g/mol. The van der Waals surface area contributed by atoms with Gasteiger partial charge in [0.05, 0.1) is 13.2 Å². The van der Waals surface area contributed by atoms with Crippen LogP contribution in [0.4, 0.5) is 0 Å². The second-order valence-corrected chi connectivity index (χ2v) is 17.5. The van der Waals surface area contributed by atoms with Crippen LogP contribution in [0, 0.1) is 0 Å². The van der Waals surface area contributed by atoms with Crippen LogP contribution in [-0.2, 0) is 33.4 Å². The van der Waals surface area contributed by atoms with Crippen LogP contribution >= 0.6 is 0 Å². The Morgan fingerprint density at radius 2 is 0.984 bits per heavy atom.